The highest BCUT2D eigenvalue weighted by atomic mass is 16.5. The molecular weight excluding hydrogens is 238 g/mol. The first-order chi connectivity index (χ1) is 9.27. The van der Waals surface area contributed by atoms with Gasteiger partial charge in [-0.3, -0.25) is 4.79 Å². The zero-order chi connectivity index (χ0) is 13.3. The number of ether oxygens (including phenoxy) is 1. The van der Waals surface area contributed by atoms with Crippen molar-refractivity contribution < 1.29 is 9.53 Å². The van der Waals surface area contributed by atoms with Gasteiger partial charge in [-0.05, 0) is 37.3 Å². The van der Waals surface area contributed by atoms with E-state index in [9.17, 15) is 4.79 Å². The molecule has 0 bridgehead atoms. The Kier molecular flexibility index (Phi) is 3.31. The third-order valence-electron chi connectivity index (χ3n) is 4.61. The van der Waals surface area contributed by atoms with Crippen molar-refractivity contribution in [1.82, 2.24) is 0 Å². The third kappa shape index (κ3) is 2.06. The van der Waals surface area contributed by atoms with Gasteiger partial charge in [0, 0.05) is 12.0 Å². The zero-order valence-electron chi connectivity index (χ0n) is 11.3. The fourth-order valence-electron chi connectivity index (χ4n) is 3.43. The van der Waals surface area contributed by atoms with Crippen molar-refractivity contribution in [3.63, 3.8) is 0 Å². The van der Waals surface area contributed by atoms with Gasteiger partial charge in [-0.15, -0.1) is 0 Å². The molecule has 3 nitrogen and oxygen atoms in total. The van der Waals surface area contributed by atoms with Gasteiger partial charge in [-0.25, -0.2) is 0 Å². The Morgan fingerprint density at radius 2 is 2.05 bits per heavy atom. The molecule has 1 fully saturated rings. The highest BCUT2D eigenvalue weighted by Gasteiger charge is 2.41. The fraction of sp³-hybridized carbons (Fsp3) is 0.562. The van der Waals surface area contributed by atoms with E-state index in [-0.39, 0.29) is 11.2 Å². The van der Waals surface area contributed by atoms with Crippen LogP contribution >= 0.6 is 0 Å². The number of rotatable bonds is 3. The second-order valence-corrected chi connectivity index (χ2v) is 5.77. The molecule has 0 atom stereocenters. The number of ketones is 1. The molecule has 0 unspecified atom stereocenters. The average Bonchev–Trinajstić information content (AvgIpc) is 2.96. The van der Waals surface area contributed by atoms with Crippen LogP contribution in [0.4, 0.5) is 0 Å². The van der Waals surface area contributed by atoms with Gasteiger partial charge in [0.05, 0.1) is 12.2 Å². The van der Waals surface area contributed by atoms with Gasteiger partial charge >= 0.3 is 0 Å². The summed E-state index contributed by atoms with van der Waals surface area (Å²) in [5.41, 5.74) is 7.51. The molecule has 0 spiro atoms. The first kappa shape index (κ1) is 12.7. The van der Waals surface area contributed by atoms with Crippen LogP contribution in [0.25, 0.3) is 0 Å². The van der Waals surface area contributed by atoms with Crippen LogP contribution in [0.1, 0.15) is 48.0 Å². The van der Waals surface area contributed by atoms with E-state index in [0.29, 0.717) is 13.2 Å². The minimum absolute atomic E-state index is 0.200. The van der Waals surface area contributed by atoms with Gasteiger partial charge in [-0.1, -0.05) is 25.0 Å². The maximum absolute atomic E-state index is 12.9. The Hall–Kier alpha value is -1.35. The number of hydrogen-bond donors (Lipinski definition) is 1. The van der Waals surface area contributed by atoms with Crippen LogP contribution in [0.3, 0.4) is 0 Å². The topological polar surface area (TPSA) is 52.3 Å². The molecule has 0 aromatic heterocycles. The standard InChI is InChI=1S/C16H21NO2/c17-11-16(8-1-2-9-16)15(18)13-7-3-5-12-6-4-10-19-14(12)13/h3,5,7H,1-2,4,6,8-11,17H2. The molecule has 2 N–H and O–H groups in total. The molecule has 0 amide bonds. The zero-order valence-corrected chi connectivity index (χ0v) is 11.3. The summed E-state index contributed by atoms with van der Waals surface area (Å²) < 4.78 is 5.76. The Morgan fingerprint density at radius 1 is 1.26 bits per heavy atom. The van der Waals surface area contributed by atoms with Crippen LogP contribution < -0.4 is 10.5 Å². The largest absolute Gasteiger partial charge is 0.493 e. The molecule has 1 heterocycles. The quantitative estimate of drug-likeness (QED) is 0.849. The smallest absolute Gasteiger partial charge is 0.173 e. The highest BCUT2D eigenvalue weighted by molar-refractivity contribution is 6.03. The lowest BCUT2D eigenvalue weighted by Crippen LogP contribution is -2.36. The lowest BCUT2D eigenvalue weighted by atomic mass is 9.78. The SMILES string of the molecule is NCC1(C(=O)c2cccc3c2OCCC3)CCCC1. The first-order valence-electron chi connectivity index (χ1n) is 7.26. The number of fused-ring (bicyclic) bond motifs is 1. The molecule has 1 aliphatic heterocycles. The third-order valence-corrected chi connectivity index (χ3v) is 4.61. The molecule has 1 aliphatic carbocycles. The lowest BCUT2D eigenvalue weighted by molar-refractivity contribution is 0.0804. The monoisotopic (exact) mass is 259 g/mol. The lowest BCUT2D eigenvalue weighted by Gasteiger charge is -2.28. The van der Waals surface area contributed by atoms with Crippen molar-refractivity contribution in [2.24, 2.45) is 11.1 Å². The predicted octanol–water partition coefficient (Wildman–Crippen LogP) is 2.71. The summed E-state index contributed by atoms with van der Waals surface area (Å²) in [5, 5.41) is 0. The predicted molar refractivity (Wildman–Crippen MR) is 74.5 cm³/mol. The summed E-state index contributed by atoms with van der Waals surface area (Å²) in [6.07, 6.45) is 6.11. The number of benzene rings is 1. The van der Waals surface area contributed by atoms with Gasteiger partial charge in [-0.2, -0.15) is 0 Å². The summed E-state index contributed by atoms with van der Waals surface area (Å²) >= 11 is 0. The van der Waals surface area contributed by atoms with Gasteiger partial charge in [0.15, 0.2) is 5.78 Å². The van der Waals surface area contributed by atoms with Crippen LogP contribution in [-0.2, 0) is 6.42 Å². The second-order valence-electron chi connectivity index (χ2n) is 5.77. The van der Waals surface area contributed by atoms with Gasteiger partial charge in [0.2, 0.25) is 0 Å². The molecule has 1 aromatic rings. The van der Waals surface area contributed by atoms with Crippen molar-refractivity contribution in [2.75, 3.05) is 13.2 Å². The van der Waals surface area contributed by atoms with Gasteiger partial charge in [0.25, 0.3) is 0 Å². The molecule has 102 valence electrons. The summed E-state index contributed by atoms with van der Waals surface area (Å²) in [4.78, 5) is 12.9. The Morgan fingerprint density at radius 3 is 2.79 bits per heavy atom. The molecule has 3 heteroatoms. The number of Topliss-reactive ketones (excluding diaryl/α,β-unsaturated/α-hetero) is 1. The number of carbonyl (C=O) groups is 1. The number of nitrogens with two attached hydrogens (primary N) is 1. The van der Waals surface area contributed by atoms with E-state index in [1.54, 1.807) is 0 Å². The van der Waals surface area contributed by atoms with E-state index >= 15 is 0 Å². The molecule has 0 saturated heterocycles. The molecular formula is C16H21NO2. The Labute approximate surface area is 114 Å². The Bertz CT molecular complexity index is 490. The van der Waals surface area contributed by atoms with Crippen molar-refractivity contribution in [2.45, 2.75) is 38.5 Å². The van der Waals surface area contributed by atoms with E-state index in [2.05, 4.69) is 6.07 Å². The molecule has 3 rings (SSSR count). The van der Waals surface area contributed by atoms with Crippen molar-refractivity contribution >= 4 is 5.78 Å². The van der Waals surface area contributed by atoms with E-state index < -0.39 is 0 Å². The minimum Gasteiger partial charge on any atom is -0.493 e. The normalized spacial score (nSPS) is 20.7. The number of hydrogen-bond acceptors (Lipinski definition) is 3. The van der Waals surface area contributed by atoms with Crippen LogP contribution in [0.2, 0.25) is 0 Å². The molecule has 19 heavy (non-hydrogen) atoms. The summed E-state index contributed by atoms with van der Waals surface area (Å²) in [6.45, 7) is 1.17. The Balaban J connectivity index is 2.00. The van der Waals surface area contributed by atoms with E-state index in [1.807, 2.05) is 12.1 Å². The van der Waals surface area contributed by atoms with E-state index in [0.717, 1.165) is 49.8 Å². The van der Waals surface area contributed by atoms with E-state index in [1.165, 1.54) is 5.56 Å². The molecule has 1 aromatic carbocycles. The van der Waals surface area contributed by atoms with Crippen LogP contribution in [0.5, 0.6) is 5.75 Å². The van der Waals surface area contributed by atoms with Gasteiger partial charge in [0.1, 0.15) is 5.75 Å². The number of aryl methyl sites for hydroxylation is 1. The average molecular weight is 259 g/mol. The minimum atomic E-state index is -0.337. The highest BCUT2D eigenvalue weighted by Crippen LogP contribution is 2.42. The van der Waals surface area contributed by atoms with Crippen LogP contribution in [0, 0.1) is 5.41 Å². The molecule has 0 radical (unpaired) electrons. The summed E-state index contributed by atoms with van der Waals surface area (Å²) in [5.74, 6) is 1.02. The number of carbonyl (C=O) groups excluding carboxylic acids is 1. The molecule has 1 saturated carbocycles. The maximum Gasteiger partial charge on any atom is 0.173 e. The fourth-order valence-corrected chi connectivity index (χ4v) is 3.43. The van der Waals surface area contributed by atoms with Crippen LogP contribution in [0.15, 0.2) is 18.2 Å². The maximum atomic E-state index is 12.9. The van der Waals surface area contributed by atoms with E-state index in [4.69, 9.17) is 10.5 Å². The summed E-state index contributed by atoms with van der Waals surface area (Å²) in [6, 6.07) is 5.94. The first-order valence-corrected chi connectivity index (χ1v) is 7.26. The van der Waals surface area contributed by atoms with Crippen molar-refractivity contribution in [3.05, 3.63) is 29.3 Å². The van der Waals surface area contributed by atoms with Crippen molar-refractivity contribution in [3.8, 4) is 5.75 Å². The summed E-state index contributed by atoms with van der Waals surface area (Å²) in [7, 11) is 0. The van der Waals surface area contributed by atoms with Gasteiger partial charge < -0.3 is 10.5 Å². The number of para-hydroxylation sites is 1. The van der Waals surface area contributed by atoms with Crippen molar-refractivity contribution in [1.29, 1.82) is 0 Å². The second kappa shape index (κ2) is 4.97. The molecule has 2 aliphatic rings. The van der Waals surface area contributed by atoms with Crippen LogP contribution in [-0.4, -0.2) is 18.9 Å².